The van der Waals surface area contributed by atoms with E-state index in [2.05, 4.69) is 26.4 Å². The van der Waals surface area contributed by atoms with Gasteiger partial charge in [0, 0.05) is 12.5 Å². The van der Waals surface area contributed by atoms with Crippen LogP contribution in [0, 0.1) is 18.8 Å². The molecule has 218 valence electrons. The molecule has 1 aliphatic heterocycles. The zero-order chi connectivity index (χ0) is 29.4. The molecule has 3 rings (SSSR count). The maximum absolute atomic E-state index is 13.6. The summed E-state index contributed by atoms with van der Waals surface area (Å²) in [6.07, 6.45) is 0.975. The monoisotopic (exact) mass is 555 g/mol. The van der Waals surface area contributed by atoms with Crippen LogP contribution in [0.5, 0.6) is 0 Å². The van der Waals surface area contributed by atoms with Crippen LogP contribution in [0.25, 0.3) is 0 Å². The summed E-state index contributed by atoms with van der Waals surface area (Å²) in [5, 5.41) is 14.7. The Bertz CT molecular complexity index is 1170. The highest BCUT2D eigenvalue weighted by molar-refractivity contribution is 5.99. The van der Waals surface area contributed by atoms with E-state index >= 15 is 0 Å². The average molecular weight is 556 g/mol. The second kappa shape index (κ2) is 13.6. The third-order valence-corrected chi connectivity index (χ3v) is 6.55. The van der Waals surface area contributed by atoms with Crippen molar-refractivity contribution in [2.24, 2.45) is 11.8 Å². The van der Waals surface area contributed by atoms with Crippen LogP contribution in [-0.2, 0) is 25.5 Å². The van der Waals surface area contributed by atoms with Gasteiger partial charge in [-0.05, 0) is 44.1 Å². The molecule has 11 nitrogen and oxygen atoms in total. The Morgan fingerprint density at radius 1 is 0.900 bits per heavy atom. The quantitative estimate of drug-likeness (QED) is 0.261. The van der Waals surface area contributed by atoms with Gasteiger partial charge in [0.05, 0.1) is 12.6 Å². The van der Waals surface area contributed by atoms with E-state index in [0.29, 0.717) is 25.2 Å². The normalized spacial score (nSPS) is 18.5. The predicted molar refractivity (Wildman–Crippen MR) is 149 cm³/mol. The van der Waals surface area contributed by atoms with E-state index in [1.54, 1.807) is 19.9 Å². The van der Waals surface area contributed by atoms with Crippen molar-refractivity contribution in [3.05, 3.63) is 47.7 Å². The molecule has 1 fully saturated rings. The molecule has 2 aromatic rings. The van der Waals surface area contributed by atoms with Crippen LogP contribution in [-0.4, -0.2) is 59.1 Å². The average Bonchev–Trinajstić information content (AvgIpc) is 3.51. The number of benzene rings is 1. The van der Waals surface area contributed by atoms with Crippen LogP contribution < -0.4 is 21.3 Å². The number of hydrogen-bond acceptors (Lipinski definition) is 7. The molecule has 1 aliphatic rings. The highest BCUT2D eigenvalue weighted by atomic mass is 16.6. The Morgan fingerprint density at radius 2 is 1.48 bits per heavy atom. The number of epoxide rings is 1. The van der Waals surface area contributed by atoms with Gasteiger partial charge >= 0.3 is 6.03 Å². The number of aryl methyl sites for hydroxylation is 1. The number of aromatic nitrogens is 1. The molecular weight excluding hydrogens is 514 g/mol. The van der Waals surface area contributed by atoms with Gasteiger partial charge < -0.3 is 25.2 Å². The van der Waals surface area contributed by atoms with Crippen molar-refractivity contribution in [1.82, 2.24) is 21.1 Å². The first-order chi connectivity index (χ1) is 18.9. The second-order valence-corrected chi connectivity index (χ2v) is 11.4. The topological polar surface area (TPSA) is 155 Å². The van der Waals surface area contributed by atoms with Crippen molar-refractivity contribution in [3.8, 4) is 0 Å². The number of ether oxygens (including phenoxy) is 1. The van der Waals surface area contributed by atoms with E-state index in [1.165, 1.54) is 0 Å². The summed E-state index contributed by atoms with van der Waals surface area (Å²) in [4.78, 5) is 52.8. The third-order valence-electron chi connectivity index (χ3n) is 6.55. The van der Waals surface area contributed by atoms with Crippen LogP contribution in [0.15, 0.2) is 40.9 Å². The van der Waals surface area contributed by atoms with Crippen molar-refractivity contribution < 1.29 is 28.4 Å². The van der Waals surface area contributed by atoms with Crippen LogP contribution in [0.1, 0.15) is 58.8 Å². The first kappa shape index (κ1) is 30.8. The molecule has 1 aromatic carbocycles. The second-order valence-electron chi connectivity index (χ2n) is 11.4. The third kappa shape index (κ3) is 9.18. The summed E-state index contributed by atoms with van der Waals surface area (Å²) in [6.45, 7) is 11.5. The highest BCUT2D eigenvalue weighted by Crippen LogP contribution is 2.29. The number of urea groups is 1. The van der Waals surface area contributed by atoms with Crippen molar-refractivity contribution in [2.45, 2.75) is 84.5 Å². The number of carbonyl (C=O) groups is 4. The van der Waals surface area contributed by atoms with Crippen molar-refractivity contribution in [2.75, 3.05) is 11.9 Å². The number of amides is 4. The molecule has 2 heterocycles. The van der Waals surface area contributed by atoms with Gasteiger partial charge in [0.2, 0.25) is 11.8 Å². The minimum absolute atomic E-state index is 0.0686. The van der Waals surface area contributed by atoms with Gasteiger partial charge in [-0.1, -0.05) is 63.2 Å². The lowest BCUT2D eigenvalue weighted by molar-refractivity contribution is -0.133. The van der Waals surface area contributed by atoms with E-state index in [-0.39, 0.29) is 29.9 Å². The summed E-state index contributed by atoms with van der Waals surface area (Å²) in [5.74, 6) is -0.220. The molecule has 1 saturated heterocycles. The minimum atomic E-state index is -0.983. The molecule has 1 aromatic heterocycles. The first-order valence-electron chi connectivity index (χ1n) is 13.7. The zero-order valence-electron chi connectivity index (χ0n) is 24.1. The lowest BCUT2D eigenvalue weighted by Crippen LogP contribution is -2.57. The lowest BCUT2D eigenvalue weighted by Gasteiger charge is -2.27. The van der Waals surface area contributed by atoms with E-state index < -0.39 is 41.6 Å². The van der Waals surface area contributed by atoms with Crippen molar-refractivity contribution in [3.63, 3.8) is 0 Å². The summed E-state index contributed by atoms with van der Waals surface area (Å²) < 4.78 is 10.3. The number of carbonyl (C=O) groups excluding carboxylic acids is 4. The Hall–Kier alpha value is -3.73. The first-order valence-corrected chi connectivity index (χ1v) is 13.7. The molecule has 0 saturated carbocycles. The number of Topliss-reactive ketones (excluding diaryl/α,β-unsaturated/α-hetero) is 1. The smallest absolute Gasteiger partial charge is 0.321 e. The fourth-order valence-corrected chi connectivity index (χ4v) is 4.36. The molecule has 4 N–H and O–H groups in total. The van der Waals surface area contributed by atoms with Gasteiger partial charge in [0.15, 0.2) is 11.6 Å². The van der Waals surface area contributed by atoms with Gasteiger partial charge in [0.25, 0.3) is 0 Å². The standard InChI is InChI=1S/C29H41N5O6/c1-17(2)12-21(25(35)29(6)16-39-29)30-27(37)23(15-20-10-8-7-9-11-20)31-26(36)22(13-18(3)4)32-28(38)33-24-14-19(5)40-34-24/h7-11,14,17-18,21-23H,12-13,15-16H2,1-6H3,(H,30,37)(H,31,36)(H2,32,33,34,38)/t21-,22-,23-,29+/m0/s1. The van der Waals surface area contributed by atoms with E-state index in [4.69, 9.17) is 9.26 Å². The Kier molecular flexibility index (Phi) is 10.4. The molecule has 4 amide bonds. The van der Waals surface area contributed by atoms with E-state index in [0.717, 1.165) is 5.56 Å². The Balaban J connectivity index is 1.77. The summed E-state index contributed by atoms with van der Waals surface area (Å²) >= 11 is 0. The SMILES string of the molecule is Cc1cc(NC(=O)N[C@@H](CC(C)C)C(=O)N[C@@H](Cc2ccccc2)C(=O)N[C@@H](CC(C)C)C(=O)[C@@]2(C)CO2)no1. The molecule has 0 radical (unpaired) electrons. The number of hydrogen-bond donors (Lipinski definition) is 4. The van der Waals surface area contributed by atoms with Crippen molar-refractivity contribution >= 4 is 29.4 Å². The Labute approximate surface area is 235 Å². The maximum atomic E-state index is 13.6. The van der Waals surface area contributed by atoms with Crippen LogP contribution >= 0.6 is 0 Å². The van der Waals surface area contributed by atoms with E-state index in [1.807, 2.05) is 58.0 Å². The molecule has 0 unspecified atom stereocenters. The summed E-state index contributed by atoms with van der Waals surface area (Å²) in [5.41, 5.74) is -0.0628. The largest absolute Gasteiger partial charge is 0.361 e. The predicted octanol–water partition coefficient (Wildman–Crippen LogP) is 3.14. The van der Waals surface area contributed by atoms with Gasteiger partial charge in [-0.25, -0.2) is 4.79 Å². The van der Waals surface area contributed by atoms with Crippen LogP contribution in [0.3, 0.4) is 0 Å². The lowest BCUT2D eigenvalue weighted by atomic mass is 9.93. The molecule has 4 atom stereocenters. The minimum Gasteiger partial charge on any atom is -0.361 e. The zero-order valence-corrected chi connectivity index (χ0v) is 24.1. The molecular formula is C29H41N5O6. The fourth-order valence-electron chi connectivity index (χ4n) is 4.36. The molecule has 0 aliphatic carbocycles. The number of ketones is 1. The number of nitrogens with zero attached hydrogens (tertiary/aromatic N) is 1. The van der Waals surface area contributed by atoms with Crippen LogP contribution in [0.4, 0.5) is 10.6 Å². The van der Waals surface area contributed by atoms with E-state index in [9.17, 15) is 19.2 Å². The fraction of sp³-hybridized carbons (Fsp3) is 0.552. The number of nitrogens with one attached hydrogen (secondary N) is 4. The summed E-state index contributed by atoms with van der Waals surface area (Å²) in [7, 11) is 0. The van der Waals surface area contributed by atoms with Crippen molar-refractivity contribution in [1.29, 1.82) is 0 Å². The molecule has 40 heavy (non-hydrogen) atoms. The Morgan fingerprint density at radius 3 is 2.02 bits per heavy atom. The maximum Gasteiger partial charge on any atom is 0.321 e. The van der Waals surface area contributed by atoms with Gasteiger partial charge in [-0.2, -0.15) is 0 Å². The molecule has 11 heteroatoms. The van der Waals surface area contributed by atoms with Gasteiger partial charge in [0.1, 0.15) is 23.4 Å². The van der Waals surface area contributed by atoms with Crippen LogP contribution in [0.2, 0.25) is 0 Å². The van der Waals surface area contributed by atoms with Gasteiger partial charge in [-0.3, -0.25) is 19.7 Å². The summed E-state index contributed by atoms with van der Waals surface area (Å²) in [6, 6.07) is 7.55. The number of rotatable bonds is 14. The molecule has 0 spiro atoms. The van der Waals surface area contributed by atoms with Gasteiger partial charge in [-0.15, -0.1) is 0 Å². The number of anilines is 1. The molecule has 0 bridgehead atoms. The highest BCUT2D eigenvalue weighted by Gasteiger charge is 2.50.